The summed E-state index contributed by atoms with van der Waals surface area (Å²) in [6.07, 6.45) is 4.12. The van der Waals surface area contributed by atoms with E-state index in [1.807, 2.05) is 0 Å². The Morgan fingerprint density at radius 3 is 1.13 bits per heavy atom. The van der Waals surface area contributed by atoms with E-state index in [-0.39, 0.29) is 140 Å². The molecular formula is C34H20N4Na4O16S4. The quantitative estimate of drug-likeness (QED) is 0.0563. The Hall–Kier alpha value is -2.38. The summed E-state index contributed by atoms with van der Waals surface area (Å²) < 4.78 is 145. The fraction of sp³-hybridized carbons (Fsp3) is 0. The van der Waals surface area contributed by atoms with Crippen molar-refractivity contribution in [3.8, 4) is 11.5 Å². The fourth-order valence-corrected chi connectivity index (χ4v) is 8.45. The van der Waals surface area contributed by atoms with Crippen LogP contribution in [-0.2, 0) is 40.5 Å². The van der Waals surface area contributed by atoms with E-state index >= 15 is 0 Å². The summed E-state index contributed by atoms with van der Waals surface area (Å²) in [4.78, 5) is 30.1. The van der Waals surface area contributed by atoms with Crippen LogP contribution < -0.4 is 129 Å². The number of phenols is 2. The first-order chi connectivity index (χ1) is 26.9. The van der Waals surface area contributed by atoms with Gasteiger partial charge in [0.05, 0.1) is 30.7 Å². The molecule has 0 aliphatic rings. The van der Waals surface area contributed by atoms with Crippen LogP contribution in [0.25, 0.3) is 34.0 Å². The number of nitrogens with one attached hydrogen (secondary N) is 2. The summed E-state index contributed by atoms with van der Waals surface area (Å²) in [7, 11) is -21.2. The molecule has 300 valence electrons. The molecule has 0 saturated carbocycles. The molecule has 0 bridgehead atoms. The number of benzene rings is 4. The fourth-order valence-electron chi connectivity index (χ4n) is 5.66. The van der Waals surface area contributed by atoms with Crippen molar-refractivity contribution < 1.29 is 190 Å². The van der Waals surface area contributed by atoms with E-state index in [4.69, 9.17) is 0 Å². The van der Waals surface area contributed by atoms with Gasteiger partial charge < -0.3 is 39.1 Å². The SMILES string of the molecule is O=C(Nc1ccc(C=Cc2ccc(NC(=O)c3cc(S(=O)(=O)[O-])c4cccnc4c3O)cc2S(=O)(=O)[O-])c(S(=O)(=O)[O-])c1)c1cc(S(=O)(=O)[O-])c2cccnc2c1O.[Na+].[Na+].[Na+].[Na+]. The maximum atomic E-state index is 13.1. The van der Waals surface area contributed by atoms with Gasteiger partial charge in [-0.15, -0.1) is 0 Å². The van der Waals surface area contributed by atoms with Crippen LogP contribution >= 0.6 is 0 Å². The minimum Gasteiger partial charge on any atom is -0.744 e. The zero-order chi connectivity index (χ0) is 42.5. The Labute approximate surface area is 440 Å². The van der Waals surface area contributed by atoms with Crippen LogP contribution in [0.4, 0.5) is 11.4 Å². The molecular weight excluding hydrogens is 941 g/mol. The van der Waals surface area contributed by atoms with E-state index in [1.165, 1.54) is 12.1 Å². The number of carbonyl (C=O) groups excluding carboxylic acids is 2. The van der Waals surface area contributed by atoms with Gasteiger partial charge in [-0.2, -0.15) is 0 Å². The summed E-state index contributed by atoms with van der Waals surface area (Å²) in [5.74, 6) is -4.18. The standard InChI is InChI=1S/C34H24N4O16S4.4Na/c39-31-23(15-27(57(49,50)51)21-3-1-11-35-29(21)31)33(41)37-19-9-7-17(25(13-19)55(43,44)45)5-6-18-8-10-20(14-26(18)56(46,47)48)38-34(42)24-16-28(58(52,53)54)22-4-2-12-36-30(22)32(24)40;;;;/h1-16,39-40H,(H,37,41)(H,38,42)(H,43,44,45)(H,46,47,48)(H,49,50,51)(H,52,53,54);;;;/q;4*+1/p-4. The van der Waals surface area contributed by atoms with E-state index in [9.17, 15) is 71.7 Å². The number of phenolic OH excluding ortho intramolecular Hbond substituents is 2. The molecule has 0 aliphatic carbocycles. The van der Waals surface area contributed by atoms with E-state index < -0.39 is 117 Å². The van der Waals surface area contributed by atoms with Gasteiger partial charge >= 0.3 is 118 Å². The molecule has 4 aromatic carbocycles. The molecule has 0 unspecified atom stereocenters. The molecule has 0 spiro atoms. The third kappa shape index (κ3) is 12.3. The van der Waals surface area contributed by atoms with Crippen molar-refractivity contribution in [1.29, 1.82) is 0 Å². The maximum absolute atomic E-state index is 13.1. The van der Waals surface area contributed by atoms with Crippen LogP contribution in [-0.4, -0.2) is 83.9 Å². The largest absolute Gasteiger partial charge is 1.00 e. The average Bonchev–Trinajstić information content (AvgIpc) is 3.13. The van der Waals surface area contributed by atoms with Gasteiger partial charge in [-0.1, -0.05) is 24.3 Å². The van der Waals surface area contributed by atoms with Gasteiger partial charge in [-0.3, -0.25) is 19.6 Å². The predicted molar refractivity (Wildman–Crippen MR) is 196 cm³/mol. The van der Waals surface area contributed by atoms with Crippen LogP contribution in [0.2, 0.25) is 0 Å². The summed E-state index contributed by atoms with van der Waals surface area (Å²) in [5, 5.41) is 25.1. The second kappa shape index (κ2) is 21.3. The molecule has 2 amide bonds. The van der Waals surface area contributed by atoms with Crippen molar-refractivity contribution in [1.82, 2.24) is 9.97 Å². The van der Waals surface area contributed by atoms with Gasteiger partial charge in [-0.05, 0) is 71.8 Å². The second-order valence-corrected chi connectivity index (χ2v) is 17.3. The first kappa shape index (κ1) is 55.8. The molecule has 0 fully saturated rings. The van der Waals surface area contributed by atoms with Crippen molar-refractivity contribution in [2.24, 2.45) is 0 Å². The number of hydrogen-bond donors (Lipinski definition) is 4. The molecule has 4 N–H and O–H groups in total. The van der Waals surface area contributed by atoms with Crippen molar-refractivity contribution >= 4 is 97.6 Å². The Morgan fingerprint density at radius 2 is 0.823 bits per heavy atom. The van der Waals surface area contributed by atoms with Crippen LogP contribution in [0.5, 0.6) is 11.5 Å². The smallest absolute Gasteiger partial charge is 0.744 e. The topological polar surface area (TPSA) is 353 Å². The normalized spacial score (nSPS) is 11.7. The number of amides is 2. The number of fused-ring (bicyclic) bond motifs is 2. The van der Waals surface area contributed by atoms with E-state index in [1.54, 1.807) is 0 Å². The van der Waals surface area contributed by atoms with Crippen LogP contribution in [0.1, 0.15) is 31.8 Å². The predicted octanol–water partition coefficient (Wildman–Crippen LogP) is -9.50. The maximum Gasteiger partial charge on any atom is 1.00 e. The van der Waals surface area contributed by atoms with Crippen molar-refractivity contribution in [3.05, 3.63) is 107 Å². The molecule has 28 heteroatoms. The molecule has 0 aliphatic heterocycles. The first-order valence-electron chi connectivity index (χ1n) is 15.6. The molecule has 2 heterocycles. The Bertz CT molecular complexity index is 3050. The van der Waals surface area contributed by atoms with E-state index in [0.717, 1.165) is 60.9 Å². The second-order valence-electron chi connectivity index (χ2n) is 11.9. The Balaban J connectivity index is 0.00000331. The molecule has 6 aromatic rings. The average molecular weight is 961 g/mol. The Morgan fingerprint density at radius 1 is 0.500 bits per heavy atom. The molecule has 0 atom stereocenters. The third-order valence-electron chi connectivity index (χ3n) is 8.21. The summed E-state index contributed by atoms with van der Waals surface area (Å²) in [6, 6.07) is 11.5. The number of aromatic nitrogens is 2. The number of anilines is 2. The van der Waals surface area contributed by atoms with Crippen molar-refractivity contribution in [3.63, 3.8) is 0 Å². The molecule has 2 aromatic heterocycles. The molecule has 62 heavy (non-hydrogen) atoms. The molecule has 6 rings (SSSR count). The first-order valence-corrected chi connectivity index (χ1v) is 21.2. The zero-order valence-electron chi connectivity index (χ0n) is 32.4. The minimum absolute atomic E-state index is 0. The summed E-state index contributed by atoms with van der Waals surface area (Å²) >= 11 is 0. The molecule has 0 saturated heterocycles. The van der Waals surface area contributed by atoms with Crippen LogP contribution in [0.3, 0.4) is 0 Å². The van der Waals surface area contributed by atoms with Crippen LogP contribution in [0.15, 0.2) is 105 Å². The van der Waals surface area contributed by atoms with Gasteiger partial charge in [-0.25, -0.2) is 33.7 Å². The summed E-state index contributed by atoms with van der Waals surface area (Å²) in [5.41, 5.74) is -3.93. The number of hydrogen-bond acceptors (Lipinski definition) is 18. The monoisotopic (exact) mass is 960 g/mol. The van der Waals surface area contributed by atoms with Crippen molar-refractivity contribution in [2.75, 3.05) is 10.6 Å². The zero-order valence-corrected chi connectivity index (χ0v) is 43.6. The Kier molecular flexibility index (Phi) is 19.1. The van der Waals surface area contributed by atoms with E-state index in [0.29, 0.717) is 24.3 Å². The molecule has 20 nitrogen and oxygen atoms in total. The van der Waals surface area contributed by atoms with Crippen LogP contribution in [0, 0.1) is 0 Å². The number of nitrogens with zero attached hydrogens (tertiary/aromatic N) is 2. The third-order valence-corrected chi connectivity index (χ3v) is 11.7. The van der Waals surface area contributed by atoms with Gasteiger partial charge in [0.25, 0.3) is 11.8 Å². The number of aromatic hydroxyl groups is 2. The number of carbonyl (C=O) groups is 2. The van der Waals surface area contributed by atoms with E-state index in [2.05, 4.69) is 20.6 Å². The summed E-state index contributed by atoms with van der Waals surface area (Å²) in [6.45, 7) is 0. The molecule has 0 radical (unpaired) electrons. The van der Waals surface area contributed by atoms with Gasteiger partial charge in [0.15, 0.2) is 11.5 Å². The van der Waals surface area contributed by atoms with Crippen molar-refractivity contribution in [2.45, 2.75) is 19.6 Å². The van der Waals surface area contributed by atoms with Gasteiger partial charge in [0, 0.05) is 34.5 Å². The number of pyridine rings is 2. The van der Waals surface area contributed by atoms with Gasteiger partial charge in [0.2, 0.25) is 0 Å². The van der Waals surface area contributed by atoms with Gasteiger partial charge in [0.1, 0.15) is 51.5 Å². The number of rotatable bonds is 10. The minimum atomic E-state index is -5.38.